The summed E-state index contributed by atoms with van der Waals surface area (Å²) in [5.41, 5.74) is 1.13. The number of hydrogen-bond donors (Lipinski definition) is 0. The van der Waals surface area contributed by atoms with Crippen molar-refractivity contribution < 1.29 is 13.9 Å². The Hall–Kier alpha value is -2.30. The van der Waals surface area contributed by atoms with E-state index in [4.69, 9.17) is 4.74 Å². The molecule has 0 unspecified atom stereocenters. The van der Waals surface area contributed by atoms with Gasteiger partial charge in [0, 0.05) is 12.4 Å². The van der Waals surface area contributed by atoms with Crippen LogP contribution in [0.1, 0.15) is 15.9 Å². The highest BCUT2D eigenvalue weighted by Crippen LogP contribution is 2.22. The molecule has 1 heterocycles. The summed E-state index contributed by atoms with van der Waals surface area (Å²) in [6.45, 7) is 1.78. The molecule has 0 saturated carbocycles. The van der Waals surface area contributed by atoms with Crippen LogP contribution in [0, 0.1) is 12.7 Å². The Kier molecular flexibility index (Phi) is 3.09. The maximum absolute atomic E-state index is 13.4. The van der Waals surface area contributed by atoms with Crippen molar-refractivity contribution in [1.82, 2.24) is 9.97 Å². The zero-order valence-electron chi connectivity index (χ0n) is 9.05. The standard InChI is InChI=1S/C12H9FN2O2/c1-8-2-3-11(10(13)4-8)17-12-14-5-9(7-16)6-15-12/h2-7H,1H3. The van der Waals surface area contributed by atoms with Gasteiger partial charge in [-0.1, -0.05) is 6.07 Å². The number of hydrogen-bond acceptors (Lipinski definition) is 4. The van der Waals surface area contributed by atoms with Crippen molar-refractivity contribution in [2.75, 3.05) is 0 Å². The highest BCUT2D eigenvalue weighted by Gasteiger charge is 2.06. The first kappa shape index (κ1) is 11.2. The van der Waals surface area contributed by atoms with Gasteiger partial charge in [-0.2, -0.15) is 0 Å². The van der Waals surface area contributed by atoms with Crippen LogP contribution in [0.2, 0.25) is 0 Å². The minimum atomic E-state index is -0.479. The molecular formula is C12H9FN2O2. The van der Waals surface area contributed by atoms with Gasteiger partial charge in [-0.05, 0) is 24.6 Å². The van der Waals surface area contributed by atoms with Crippen LogP contribution in [0.4, 0.5) is 4.39 Å². The van der Waals surface area contributed by atoms with Gasteiger partial charge in [-0.15, -0.1) is 0 Å². The number of carbonyl (C=O) groups excluding carboxylic acids is 1. The second-order valence-electron chi connectivity index (χ2n) is 3.45. The van der Waals surface area contributed by atoms with Crippen LogP contribution >= 0.6 is 0 Å². The lowest BCUT2D eigenvalue weighted by Crippen LogP contribution is -1.95. The third-order valence-electron chi connectivity index (χ3n) is 2.07. The van der Waals surface area contributed by atoms with Crippen molar-refractivity contribution in [3.8, 4) is 11.8 Å². The molecule has 0 bridgehead atoms. The smallest absolute Gasteiger partial charge is 0.322 e. The molecule has 0 aliphatic rings. The topological polar surface area (TPSA) is 52.1 Å². The van der Waals surface area contributed by atoms with Gasteiger partial charge in [-0.3, -0.25) is 4.79 Å². The van der Waals surface area contributed by atoms with Gasteiger partial charge in [0.1, 0.15) is 0 Å². The molecule has 4 nitrogen and oxygen atoms in total. The molecule has 0 fully saturated rings. The van der Waals surface area contributed by atoms with E-state index < -0.39 is 5.82 Å². The molecule has 1 aromatic carbocycles. The fraction of sp³-hybridized carbons (Fsp3) is 0.0833. The summed E-state index contributed by atoms with van der Waals surface area (Å²) in [7, 11) is 0. The van der Waals surface area contributed by atoms with Crippen molar-refractivity contribution in [1.29, 1.82) is 0 Å². The molecule has 86 valence electrons. The van der Waals surface area contributed by atoms with Gasteiger partial charge < -0.3 is 4.74 Å². The van der Waals surface area contributed by atoms with Crippen molar-refractivity contribution in [3.05, 3.63) is 47.5 Å². The first-order chi connectivity index (χ1) is 8.19. The Morgan fingerprint density at radius 2 is 2.00 bits per heavy atom. The number of nitrogens with zero attached hydrogens (tertiary/aromatic N) is 2. The molecule has 0 amide bonds. The van der Waals surface area contributed by atoms with Gasteiger partial charge in [-0.25, -0.2) is 14.4 Å². The van der Waals surface area contributed by atoms with Crippen LogP contribution in [0.3, 0.4) is 0 Å². The van der Waals surface area contributed by atoms with Crippen LogP contribution < -0.4 is 4.74 Å². The van der Waals surface area contributed by atoms with Crippen LogP contribution in [0.25, 0.3) is 0 Å². The molecule has 0 atom stereocenters. The molecule has 2 aromatic rings. The van der Waals surface area contributed by atoms with Crippen LogP contribution in [-0.4, -0.2) is 16.3 Å². The zero-order chi connectivity index (χ0) is 12.3. The summed E-state index contributed by atoms with van der Waals surface area (Å²) in [6.07, 6.45) is 3.24. The summed E-state index contributed by atoms with van der Waals surface area (Å²) >= 11 is 0. The van der Waals surface area contributed by atoms with Gasteiger partial charge >= 0.3 is 6.01 Å². The highest BCUT2D eigenvalue weighted by molar-refractivity contribution is 5.73. The lowest BCUT2D eigenvalue weighted by Gasteiger charge is -2.04. The highest BCUT2D eigenvalue weighted by atomic mass is 19.1. The Balaban J connectivity index is 2.22. The zero-order valence-corrected chi connectivity index (χ0v) is 9.05. The van der Waals surface area contributed by atoms with E-state index in [1.807, 2.05) is 0 Å². The number of benzene rings is 1. The first-order valence-electron chi connectivity index (χ1n) is 4.90. The largest absolute Gasteiger partial charge is 0.421 e. The first-order valence-corrected chi connectivity index (χ1v) is 4.90. The Morgan fingerprint density at radius 3 is 2.59 bits per heavy atom. The van der Waals surface area contributed by atoms with Gasteiger partial charge in [0.25, 0.3) is 0 Å². The third-order valence-corrected chi connectivity index (χ3v) is 2.07. The molecular weight excluding hydrogens is 223 g/mol. The SMILES string of the molecule is Cc1ccc(Oc2ncc(C=O)cn2)c(F)c1. The molecule has 2 rings (SSSR count). The second kappa shape index (κ2) is 4.69. The summed E-state index contributed by atoms with van der Waals surface area (Å²) in [5, 5.41) is 0. The normalized spacial score (nSPS) is 10.0. The van der Waals surface area contributed by atoms with Gasteiger partial charge in [0.2, 0.25) is 0 Å². The minimum absolute atomic E-state index is 0.00152. The minimum Gasteiger partial charge on any atom is -0.421 e. The molecule has 0 aliphatic carbocycles. The quantitative estimate of drug-likeness (QED) is 0.763. The summed E-state index contributed by atoms with van der Waals surface area (Å²) in [5.74, 6) is -0.428. The summed E-state index contributed by atoms with van der Waals surface area (Å²) < 4.78 is 18.6. The predicted octanol–water partition coefficient (Wildman–Crippen LogP) is 2.53. The number of aromatic nitrogens is 2. The van der Waals surface area contributed by atoms with E-state index in [9.17, 15) is 9.18 Å². The van der Waals surface area contributed by atoms with Gasteiger partial charge in [0.05, 0.1) is 5.56 Å². The molecule has 17 heavy (non-hydrogen) atoms. The lowest BCUT2D eigenvalue weighted by molar-refractivity contribution is 0.112. The van der Waals surface area contributed by atoms with Crippen molar-refractivity contribution in [2.45, 2.75) is 6.92 Å². The van der Waals surface area contributed by atoms with E-state index in [0.29, 0.717) is 11.8 Å². The molecule has 0 spiro atoms. The Morgan fingerprint density at radius 1 is 1.29 bits per heavy atom. The van der Waals surface area contributed by atoms with E-state index in [-0.39, 0.29) is 11.8 Å². The number of carbonyl (C=O) groups is 1. The molecule has 0 radical (unpaired) electrons. The molecule has 0 N–H and O–H groups in total. The van der Waals surface area contributed by atoms with Crippen molar-refractivity contribution in [3.63, 3.8) is 0 Å². The number of ether oxygens (including phenoxy) is 1. The van der Waals surface area contributed by atoms with E-state index in [2.05, 4.69) is 9.97 Å². The lowest BCUT2D eigenvalue weighted by atomic mass is 10.2. The third kappa shape index (κ3) is 2.63. The Labute approximate surface area is 97.1 Å². The molecule has 1 aromatic heterocycles. The second-order valence-corrected chi connectivity index (χ2v) is 3.45. The fourth-order valence-corrected chi connectivity index (χ4v) is 1.23. The van der Waals surface area contributed by atoms with E-state index in [1.54, 1.807) is 13.0 Å². The van der Waals surface area contributed by atoms with Gasteiger partial charge in [0.15, 0.2) is 17.9 Å². The monoisotopic (exact) mass is 232 g/mol. The van der Waals surface area contributed by atoms with Crippen molar-refractivity contribution in [2.24, 2.45) is 0 Å². The number of rotatable bonds is 3. The van der Waals surface area contributed by atoms with E-state index in [1.165, 1.54) is 24.5 Å². The average molecular weight is 232 g/mol. The predicted molar refractivity (Wildman–Crippen MR) is 58.6 cm³/mol. The van der Waals surface area contributed by atoms with Crippen LogP contribution in [0.15, 0.2) is 30.6 Å². The maximum Gasteiger partial charge on any atom is 0.322 e. The number of aldehydes is 1. The number of aryl methyl sites for hydroxylation is 1. The average Bonchev–Trinajstić information content (AvgIpc) is 2.34. The number of halogens is 1. The van der Waals surface area contributed by atoms with Crippen LogP contribution in [0.5, 0.6) is 11.8 Å². The fourth-order valence-electron chi connectivity index (χ4n) is 1.23. The van der Waals surface area contributed by atoms with E-state index >= 15 is 0 Å². The molecule has 5 heteroatoms. The van der Waals surface area contributed by atoms with E-state index in [0.717, 1.165) is 5.56 Å². The molecule has 0 aliphatic heterocycles. The molecule has 0 saturated heterocycles. The summed E-state index contributed by atoms with van der Waals surface area (Å²) in [6, 6.07) is 4.58. The summed E-state index contributed by atoms with van der Waals surface area (Å²) in [4.78, 5) is 17.9. The van der Waals surface area contributed by atoms with Crippen LogP contribution in [-0.2, 0) is 0 Å². The Bertz CT molecular complexity index is 541. The van der Waals surface area contributed by atoms with Crippen molar-refractivity contribution >= 4 is 6.29 Å². The maximum atomic E-state index is 13.4.